The Hall–Kier alpha value is -0.260. The van der Waals surface area contributed by atoms with E-state index in [4.69, 9.17) is 0 Å². The van der Waals surface area contributed by atoms with Crippen molar-refractivity contribution in [2.45, 2.75) is 53.4 Å². The first-order valence-electron chi connectivity index (χ1n) is 6.68. The summed E-state index contributed by atoms with van der Waals surface area (Å²) in [5, 5.41) is 0. The number of rotatable bonds is 0. The molecular formula is C15H24. The second-order valence-electron chi connectivity index (χ2n) is 6.93. The lowest BCUT2D eigenvalue weighted by Crippen LogP contribution is -2.36. The molecule has 2 fully saturated rings. The summed E-state index contributed by atoms with van der Waals surface area (Å²) in [7, 11) is 0. The third-order valence-electron chi connectivity index (χ3n) is 6.13. The average Bonchev–Trinajstić information content (AvgIpc) is 2.73. The van der Waals surface area contributed by atoms with E-state index in [9.17, 15) is 0 Å². The van der Waals surface area contributed by atoms with Crippen molar-refractivity contribution in [3.05, 3.63) is 11.6 Å². The first-order chi connectivity index (χ1) is 6.99. The predicted molar refractivity (Wildman–Crippen MR) is 64.6 cm³/mol. The molecule has 3 aliphatic carbocycles. The average molecular weight is 204 g/mol. The van der Waals surface area contributed by atoms with Gasteiger partial charge in [-0.3, -0.25) is 0 Å². The zero-order valence-electron chi connectivity index (χ0n) is 10.6. The normalized spacial score (nSPS) is 51.5. The third kappa shape index (κ3) is 1.04. The Morgan fingerprint density at radius 1 is 1.20 bits per heavy atom. The van der Waals surface area contributed by atoms with Crippen LogP contribution >= 0.6 is 0 Å². The molecule has 3 aliphatic rings. The van der Waals surface area contributed by atoms with Crippen LogP contribution in [0.2, 0.25) is 0 Å². The smallest absolute Gasteiger partial charge is 0.00544 e. The largest absolute Gasteiger partial charge is 0.0847 e. The second kappa shape index (κ2) is 2.70. The van der Waals surface area contributed by atoms with Gasteiger partial charge in [0.15, 0.2) is 0 Å². The maximum absolute atomic E-state index is 2.57. The van der Waals surface area contributed by atoms with Crippen molar-refractivity contribution in [2.75, 3.05) is 0 Å². The maximum atomic E-state index is 2.57. The molecule has 0 heterocycles. The number of fused-ring (bicyclic) bond motifs is 3. The van der Waals surface area contributed by atoms with E-state index in [-0.39, 0.29) is 0 Å². The molecule has 0 aliphatic heterocycles. The fraction of sp³-hybridized carbons (Fsp3) is 0.867. The topological polar surface area (TPSA) is 0 Å². The summed E-state index contributed by atoms with van der Waals surface area (Å²) < 4.78 is 0. The van der Waals surface area contributed by atoms with Crippen molar-refractivity contribution in [3.63, 3.8) is 0 Å². The lowest BCUT2D eigenvalue weighted by Gasteiger charge is -2.45. The van der Waals surface area contributed by atoms with Crippen LogP contribution in [-0.4, -0.2) is 0 Å². The van der Waals surface area contributed by atoms with Gasteiger partial charge in [-0.15, -0.1) is 0 Å². The van der Waals surface area contributed by atoms with Crippen molar-refractivity contribution >= 4 is 0 Å². The van der Waals surface area contributed by atoms with Gasteiger partial charge in [-0.25, -0.2) is 0 Å². The molecule has 0 nitrogen and oxygen atoms in total. The molecular weight excluding hydrogens is 180 g/mol. The van der Waals surface area contributed by atoms with Gasteiger partial charge in [0.2, 0.25) is 0 Å². The van der Waals surface area contributed by atoms with E-state index in [0.717, 1.165) is 17.8 Å². The third-order valence-corrected chi connectivity index (χ3v) is 6.13. The maximum Gasteiger partial charge on any atom is -0.00544 e. The Morgan fingerprint density at radius 3 is 2.67 bits per heavy atom. The molecule has 4 atom stereocenters. The van der Waals surface area contributed by atoms with Crippen molar-refractivity contribution in [3.8, 4) is 0 Å². The molecule has 0 aromatic heterocycles. The van der Waals surface area contributed by atoms with Gasteiger partial charge in [0.05, 0.1) is 0 Å². The van der Waals surface area contributed by atoms with Crippen LogP contribution in [0.3, 0.4) is 0 Å². The second-order valence-corrected chi connectivity index (χ2v) is 6.93. The predicted octanol–water partition coefficient (Wildman–Crippen LogP) is 4.42. The van der Waals surface area contributed by atoms with Crippen molar-refractivity contribution in [2.24, 2.45) is 28.6 Å². The molecule has 0 aromatic rings. The van der Waals surface area contributed by atoms with Crippen LogP contribution in [0.15, 0.2) is 11.6 Å². The van der Waals surface area contributed by atoms with Gasteiger partial charge in [0.25, 0.3) is 0 Å². The summed E-state index contributed by atoms with van der Waals surface area (Å²) in [6.07, 6.45) is 8.19. The van der Waals surface area contributed by atoms with Gasteiger partial charge in [0.1, 0.15) is 0 Å². The Morgan fingerprint density at radius 2 is 1.93 bits per heavy atom. The lowest BCUT2D eigenvalue weighted by atomic mass is 9.60. The van der Waals surface area contributed by atoms with E-state index in [1.165, 1.54) is 25.7 Å². The fourth-order valence-corrected chi connectivity index (χ4v) is 5.01. The lowest BCUT2D eigenvalue weighted by molar-refractivity contribution is 0.147. The van der Waals surface area contributed by atoms with Crippen molar-refractivity contribution in [1.29, 1.82) is 0 Å². The van der Waals surface area contributed by atoms with Crippen LogP contribution in [0, 0.1) is 28.6 Å². The summed E-state index contributed by atoms with van der Waals surface area (Å²) in [4.78, 5) is 0. The molecule has 0 N–H and O–H groups in total. The van der Waals surface area contributed by atoms with Gasteiger partial charge >= 0.3 is 0 Å². The number of hydrogen-bond donors (Lipinski definition) is 0. The van der Waals surface area contributed by atoms with Crippen LogP contribution in [0.1, 0.15) is 53.4 Å². The Bertz CT molecular complexity index is 323. The summed E-state index contributed by atoms with van der Waals surface area (Å²) >= 11 is 0. The van der Waals surface area contributed by atoms with E-state index in [1.54, 1.807) is 0 Å². The molecule has 15 heavy (non-hydrogen) atoms. The molecule has 0 spiro atoms. The summed E-state index contributed by atoms with van der Waals surface area (Å²) in [5.41, 5.74) is 3.01. The van der Waals surface area contributed by atoms with Crippen molar-refractivity contribution < 1.29 is 0 Å². The van der Waals surface area contributed by atoms with Crippen LogP contribution in [0.4, 0.5) is 0 Å². The van der Waals surface area contributed by atoms with E-state index in [2.05, 4.69) is 33.8 Å². The Kier molecular flexibility index (Phi) is 1.79. The van der Waals surface area contributed by atoms with Crippen LogP contribution < -0.4 is 0 Å². The highest BCUT2D eigenvalue weighted by atomic mass is 14.7. The van der Waals surface area contributed by atoms with Gasteiger partial charge < -0.3 is 0 Å². The Labute approximate surface area is 94.1 Å². The highest BCUT2D eigenvalue weighted by Crippen LogP contribution is 2.74. The number of hydrogen-bond acceptors (Lipinski definition) is 0. The van der Waals surface area contributed by atoms with Gasteiger partial charge in [-0.2, -0.15) is 0 Å². The zero-order valence-corrected chi connectivity index (χ0v) is 10.6. The first kappa shape index (κ1) is 9.93. The summed E-state index contributed by atoms with van der Waals surface area (Å²) in [5.74, 6) is 2.92. The minimum Gasteiger partial charge on any atom is -0.0847 e. The molecule has 0 radical (unpaired) electrons. The number of allylic oxidation sites excluding steroid dienone is 2. The molecule has 0 amide bonds. The minimum absolute atomic E-state index is 0.560. The molecule has 0 bridgehead atoms. The van der Waals surface area contributed by atoms with Crippen molar-refractivity contribution in [1.82, 2.24) is 0 Å². The molecule has 0 heteroatoms. The first-order valence-corrected chi connectivity index (χ1v) is 6.68. The van der Waals surface area contributed by atoms with Crippen LogP contribution in [0.5, 0.6) is 0 Å². The van der Waals surface area contributed by atoms with E-state index < -0.39 is 0 Å². The molecule has 0 aromatic carbocycles. The SMILES string of the molecule is C[C@H]1CCC=C2CCC3C(C3(C)C)[C@@]21C. The Balaban J connectivity index is 2.03. The molecule has 3 rings (SSSR count). The molecule has 84 valence electrons. The standard InChI is InChI=1S/C15H24/c1-10-6-5-7-11-8-9-12-13(14(12,2)3)15(10,11)4/h7,10,12-13H,5-6,8-9H2,1-4H3/t10-,12?,13?,15+/m0/s1. The summed E-state index contributed by atoms with van der Waals surface area (Å²) in [6, 6.07) is 0. The van der Waals surface area contributed by atoms with E-state index in [0.29, 0.717) is 10.8 Å². The van der Waals surface area contributed by atoms with Crippen LogP contribution in [0.25, 0.3) is 0 Å². The highest BCUT2D eigenvalue weighted by molar-refractivity contribution is 5.31. The monoisotopic (exact) mass is 204 g/mol. The van der Waals surface area contributed by atoms with E-state index in [1.807, 2.05) is 5.57 Å². The minimum atomic E-state index is 0.560. The molecule has 0 saturated heterocycles. The molecule has 2 unspecified atom stereocenters. The summed E-state index contributed by atoms with van der Waals surface area (Å²) in [6.45, 7) is 10.0. The molecule has 2 saturated carbocycles. The zero-order chi connectivity index (χ0) is 10.8. The van der Waals surface area contributed by atoms with Gasteiger partial charge in [-0.1, -0.05) is 39.3 Å². The highest BCUT2D eigenvalue weighted by Gasteiger charge is 2.68. The fourth-order valence-electron chi connectivity index (χ4n) is 5.01. The van der Waals surface area contributed by atoms with E-state index >= 15 is 0 Å². The quantitative estimate of drug-likeness (QED) is 0.513. The van der Waals surface area contributed by atoms with Gasteiger partial charge in [0, 0.05) is 0 Å². The van der Waals surface area contributed by atoms with Crippen LogP contribution in [-0.2, 0) is 0 Å². The van der Waals surface area contributed by atoms with Gasteiger partial charge in [-0.05, 0) is 54.3 Å².